The van der Waals surface area contributed by atoms with Crippen LogP contribution in [0.25, 0.3) is 0 Å². The van der Waals surface area contributed by atoms with Crippen LogP contribution in [0.1, 0.15) is 31.2 Å². The molecular formula is C16H21NO3. The predicted octanol–water partition coefficient (Wildman–Crippen LogP) is 2.56. The van der Waals surface area contributed by atoms with Crippen molar-refractivity contribution in [3.63, 3.8) is 0 Å². The predicted molar refractivity (Wildman–Crippen MR) is 75.1 cm³/mol. The first-order valence-electron chi connectivity index (χ1n) is 7.31. The summed E-state index contributed by atoms with van der Waals surface area (Å²) in [5, 5.41) is 9.47. The zero-order valence-corrected chi connectivity index (χ0v) is 11.6. The van der Waals surface area contributed by atoms with Gasteiger partial charge in [-0.1, -0.05) is 36.8 Å². The molecule has 0 bridgehead atoms. The Balaban J connectivity index is 1.59. The van der Waals surface area contributed by atoms with Crippen molar-refractivity contribution in [2.24, 2.45) is 5.41 Å². The van der Waals surface area contributed by atoms with Gasteiger partial charge in [0, 0.05) is 6.54 Å². The maximum atomic E-state index is 12.2. The summed E-state index contributed by atoms with van der Waals surface area (Å²) >= 11 is 0. The van der Waals surface area contributed by atoms with E-state index in [-0.39, 0.29) is 24.2 Å². The molecule has 1 atom stereocenters. The van der Waals surface area contributed by atoms with Crippen molar-refractivity contribution in [1.29, 1.82) is 0 Å². The number of nitrogens with zero attached hydrogens (tertiary/aromatic N) is 1. The maximum absolute atomic E-state index is 12.2. The number of hydrogen-bond acceptors (Lipinski definition) is 3. The van der Waals surface area contributed by atoms with Crippen LogP contribution in [0.5, 0.6) is 0 Å². The molecule has 108 valence electrons. The van der Waals surface area contributed by atoms with Gasteiger partial charge < -0.3 is 14.7 Å². The molecular weight excluding hydrogens is 254 g/mol. The lowest BCUT2D eigenvalue weighted by atomic mass is 9.67. The van der Waals surface area contributed by atoms with Crippen LogP contribution < -0.4 is 0 Å². The summed E-state index contributed by atoms with van der Waals surface area (Å²) in [7, 11) is 0. The highest BCUT2D eigenvalue weighted by atomic mass is 16.6. The molecule has 1 N–H and O–H groups in total. The van der Waals surface area contributed by atoms with E-state index >= 15 is 0 Å². The zero-order chi connectivity index (χ0) is 14.0. The van der Waals surface area contributed by atoms with Crippen LogP contribution in [0.2, 0.25) is 0 Å². The summed E-state index contributed by atoms with van der Waals surface area (Å²) in [6.45, 7) is 1.06. The highest BCUT2D eigenvalue weighted by Crippen LogP contribution is 2.50. The van der Waals surface area contributed by atoms with E-state index in [0.29, 0.717) is 6.61 Å². The number of aliphatic hydroxyl groups excluding tert-OH is 1. The first kappa shape index (κ1) is 13.4. The molecule has 2 fully saturated rings. The van der Waals surface area contributed by atoms with Crippen LogP contribution in [0.15, 0.2) is 30.3 Å². The molecule has 0 radical (unpaired) electrons. The lowest BCUT2D eigenvalue weighted by Crippen LogP contribution is -2.39. The molecule has 1 aromatic rings. The molecule has 1 saturated heterocycles. The number of likely N-dealkylation sites (tertiary alicyclic amines) is 1. The van der Waals surface area contributed by atoms with E-state index in [0.717, 1.165) is 18.5 Å². The Hall–Kier alpha value is -1.55. The van der Waals surface area contributed by atoms with Crippen LogP contribution in [-0.2, 0) is 11.3 Å². The van der Waals surface area contributed by atoms with Gasteiger partial charge >= 0.3 is 6.09 Å². The van der Waals surface area contributed by atoms with E-state index < -0.39 is 0 Å². The molecule has 4 nitrogen and oxygen atoms in total. The quantitative estimate of drug-likeness (QED) is 0.922. The van der Waals surface area contributed by atoms with E-state index in [1.54, 1.807) is 4.90 Å². The average molecular weight is 275 g/mol. The van der Waals surface area contributed by atoms with Crippen LogP contribution in [0.3, 0.4) is 0 Å². The van der Waals surface area contributed by atoms with Crippen molar-refractivity contribution in [2.75, 3.05) is 13.2 Å². The van der Waals surface area contributed by atoms with Gasteiger partial charge in [-0.15, -0.1) is 0 Å². The molecule has 1 heterocycles. The van der Waals surface area contributed by atoms with Crippen molar-refractivity contribution in [3.05, 3.63) is 35.9 Å². The maximum Gasteiger partial charge on any atom is 0.410 e. The Morgan fingerprint density at radius 2 is 2.10 bits per heavy atom. The second kappa shape index (κ2) is 5.44. The molecule has 3 rings (SSSR count). The summed E-state index contributed by atoms with van der Waals surface area (Å²) in [4.78, 5) is 13.9. The molecule has 2 aliphatic rings. The van der Waals surface area contributed by atoms with Crippen molar-refractivity contribution in [3.8, 4) is 0 Å². The third kappa shape index (κ3) is 2.52. The second-order valence-corrected chi connectivity index (χ2v) is 6.06. The lowest BCUT2D eigenvalue weighted by molar-refractivity contribution is 0.0743. The third-order valence-electron chi connectivity index (χ3n) is 4.68. The second-order valence-electron chi connectivity index (χ2n) is 6.06. The summed E-state index contributed by atoms with van der Waals surface area (Å²) in [5.41, 5.74) is 1.25. The van der Waals surface area contributed by atoms with E-state index in [1.165, 1.54) is 19.3 Å². The lowest BCUT2D eigenvalue weighted by Gasteiger charge is -2.37. The minimum Gasteiger partial charge on any atom is -0.445 e. The monoisotopic (exact) mass is 275 g/mol. The van der Waals surface area contributed by atoms with Gasteiger partial charge in [0.25, 0.3) is 0 Å². The standard InChI is InChI=1S/C16H21NO3/c18-10-14-9-16(7-4-8-16)12-17(14)15(19)20-11-13-5-2-1-3-6-13/h1-3,5-6,14,18H,4,7-12H2. The molecule has 1 amide bonds. The first-order chi connectivity index (χ1) is 9.72. The van der Waals surface area contributed by atoms with Crippen molar-refractivity contribution in [2.45, 2.75) is 38.3 Å². The Morgan fingerprint density at radius 3 is 2.70 bits per heavy atom. The summed E-state index contributed by atoms with van der Waals surface area (Å²) in [6.07, 6.45) is 4.21. The van der Waals surface area contributed by atoms with E-state index in [9.17, 15) is 9.90 Å². The Morgan fingerprint density at radius 1 is 1.35 bits per heavy atom. The molecule has 4 heteroatoms. The van der Waals surface area contributed by atoms with Gasteiger partial charge in [-0.3, -0.25) is 0 Å². The molecule has 1 aliphatic carbocycles. The number of hydrogen-bond donors (Lipinski definition) is 1. The minimum atomic E-state index is -0.295. The van der Waals surface area contributed by atoms with Gasteiger partial charge in [0.15, 0.2) is 0 Å². The van der Waals surface area contributed by atoms with Gasteiger partial charge in [0.1, 0.15) is 6.61 Å². The molecule has 1 aromatic carbocycles. The number of aliphatic hydroxyl groups is 1. The molecule has 20 heavy (non-hydrogen) atoms. The third-order valence-corrected chi connectivity index (χ3v) is 4.68. The van der Waals surface area contributed by atoms with Crippen molar-refractivity contribution in [1.82, 2.24) is 4.90 Å². The number of ether oxygens (including phenoxy) is 1. The van der Waals surface area contributed by atoms with Crippen LogP contribution in [-0.4, -0.2) is 35.3 Å². The Bertz CT molecular complexity index is 470. The SMILES string of the molecule is O=C(OCc1ccccc1)N1CC2(CCC2)CC1CO. The number of rotatable bonds is 3. The summed E-state index contributed by atoms with van der Waals surface area (Å²) < 4.78 is 5.38. The fraction of sp³-hybridized carbons (Fsp3) is 0.562. The number of benzene rings is 1. The van der Waals surface area contributed by atoms with Gasteiger partial charge in [0.05, 0.1) is 12.6 Å². The summed E-state index contributed by atoms with van der Waals surface area (Å²) in [6, 6.07) is 9.60. The zero-order valence-electron chi connectivity index (χ0n) is 11.6. The van der Waals surface area contributed by atoms with E-state index in [1.807, 2.05) is 30.3 Å². The highest BCUT2D eigenvalue weighted by Gasteiger charge is 2.49. The van der Waals surface area contributed by atoms with Crippen LogP contribution >= 0.6 is 0 Å². The highest BCUT2D eigenvalue weighted by molar-refractivity contribution is 5.68. The van der Waals surface area contributed by atoms with Gasteiger partial charge in [-0.2, -0.15) is 0 Å². The number of amides is 1. The van der Waals surface area contributed by atoms with E-state index in [2.05, 4.69) is 0 Å². The van der Waals surface area contributed by atoms with Gasteiger partial charge in [-0.25, -0.2) is 4.79 Å². The average Bonchev–Trinajstić information content (AvgIpc) is 2.86. The topological polar surface area (TPSA) is 49.8 Å². The minimum absolute atomic E-state index is 0.0299. The van der Waals surface area contributed by atoms with Gasteiger partial charge in [-0.05, 0) is 30.2 Å². The smallest absolute Gasteiger partial charge is 0.410 e. The Kier molecular flexibility index (Phi) is 3.66. The number of carbonyl (C=O) groups excluding carboxylic acids is 1. The Labute approximate surface area is 119 Å². The fourth-order valence-electron chi connectivity index (χ4n) is 3.38. The molecule has 1 spiro atoms. The normalized spacial score (nSPS) is 23.6. The summed E-state index contributed by atoms with van der Waals surface area (Å²) in [5.74, 6) is 0. The first-order valence-corrected chi connectivity index (χ1v) is 7.31. The molecule has 1 saturated carbocycles. The van der Waals surface area contributed by atoms with Gasteiger partial charge in [0.2, 0.25) is 0 Å². The van der Waals surface area contributed by atoms with Crippen molar-refractivity contribution >= 4 is 6.09 Å². The van der Waals surface area contributed by atoms with Crippen LogP contribution in [0, 0.1) is 5.41 Å². The van der Waals surface area contributed by atoms with E-state index in [4.69, 9.17) is 4.74 Å². The number of carbonyl (C=O) groups is 1. The molecule has 1 unspecified atom stereocenters. The molecule has 0 aromatic heterocycles. The molecule has 1 aliphatic heterocycles. The van der Waals surface area contributed by atoms with Crippen molar-refractivity contribution < 1.29 is 14.6 Å². The van der Waals surface area contributed by atoms with Crippen LogP contribution in [0.4, 0.5) is 4.79 Å². The largest absolute Gasteiger partial charge is 0.445 e. The fourth-order valence-corrected chi connectivity index (χ4v) is 3.38.